The van der Waals surface area contributed by atoms with Crippen LogP contribution < -0.4 is 4.74 Å². The zero-order chi connectivity index (χ0) is 25.0. The summed E-state index contributed by atoms with van der Waals surface area (Å²) in [5.41, 5.74) is 2.20. The standard InChI is InChI=1S/C28H28ClFN2O3/c1-19-15-20(4-10-26(19)35-14-13-32-12-11-28(2,34)27(33)18-32)3-9-25-24(30)16-22(17-31-25)21-5-7-23(29)8-6-21/h4-8,10,15-17,27,33-34H,11-14,18H2,1-2H3/t27-,28+/m1/s1. The van der Waals surface area contributed by atoms with Crippen molar-refractivity contribution in [3.8, 4) is 28.7 Å². The molecule has 1 aliphatic heterocycles. The van der Waals surface area contributed by atoms with Crippen LogP contribution in [0, 0.1) is 24.6 Å². The predicted octanol–water partition coefficient (Wildman–Crippen LogP) is 4.45. The number of ether oxygens (including phenoxy) is 1. The second-order valence-corrected chi connectivity index (χ2v) is 9.50. The van der Waals surface area contributed by atoms with Gasteiger partial charge >= 0.3 is 0 Å². The molecule has 1 aliphatic rings. The first-order valence-corrected chi connectivity index (χ1v) is 11.9. The highest BCUT2D eigenvalue weighted by Gasteiger charge is 2.36. The van der Waals surface area contributed by atoms with Gasteiger partial charge in [0, 0.05) is 42.0 Å². The molecule has 35 heavy (non-hydrogen) atoms. The summed E-state index contributed by atoms with van der Waals surface area (Å²) in [6, 6.07) is 14.1. The molecular formula is C28H28ClFN2O3. The summed E-state index contributed by atoms with van der Waals surface area (Å²) in [5, 5.41) is 20.7. The summed E-state index contributed by atoms with van der Waals surface area (Å²) in [7, 11) is 0. The zero-order valence-electron chi connectivity index (χ0n) is 19.8. The molecule has 1 aromatic heterocycles. The number of aliphatic hydroxyl groups is 2. The average molecular weight is 495 g/mol. The molecule has 1 saturated heterocycles. The van der Waals surface area contributed by atoms with Gasteiger partial charge in [0.1, 0.15) is 18.1 Å². The SMILES string of the molecule is Cc1cc(C#Cc2ncc(-c3ccc(Cl)cc3)cc2F)ccc1OCCN1CC[C@](C)(O)[C@H](O)C1. The number of benzene rings is 2. The summed E-state index contributed by atoms with van der Waals surface area (Å²) in [5.74, 6) is 6.05. The Balaban J connectivity index is 1.35. The predicted molar refractivity (Wildman–Crippen MR) is 135 cm³/mol. The molecule has 0 amide bonds. The van der Waals surface area contributed by atoms with Crippen LogP contribution in [0.3, 0.4) is 0 Å². The molecule has 2 N–H and O–H groups in total. The van der Waals surface area contributed by atoms with Gasteiger partial charge in [-0.05, 0) is 73.7 Å². The van der Waals surface area contributed by atoms with E-state index in [1.165, 1.54) is 6.07 Å². The molecule has 4 rings (SSSR count). The number of halogens is 2. The summed E-state index contributed by atoms with van der Waals surface area (Å²) >= 11 is 5.91. The molecule has 182 valence electrons. The zero-order valence-corrected chi connectivity index (χ0v) is 20.5. The van der Waals surface area contributed by atoms with Crippen LogP contribution in [-0.4, -0.2) is 58.0 Å². The lowest BCUT2D eigenvalue weighted by Crippen LogP contribution is -2.54. The van der Waals surface area contributed by atoms with Crippen molar-refractivity contribution >= 4 is 11.6 Å². The molecule has 3 aromatic rings. The van der Waals surface area contributed by atoms with E-state index in [1.54, 1.807) is 25.3 Å². The molecule has 5 nitrogen and oxygen atoms in total. The van der Waals surface area contributed by atoms with E-state index < -0.39 is 17.5 Å². The van der Waals surface area contributed by atoms with Crippen molar-refractivity contribution in [2.45, 2.75) is 32.0 Å². The maximum Gasteiger partial charge on any atom is 0.158 e. The Labute approximate surface area is 210 Å². The van der Waals surface area contributed by atoms with Crippen molar-refractivity contribution < 1.29 is 19.3 Å². The fourth-order valence-electron chi connectivity index (χ4n) is 3.92. The minimum absolute atomic E-state index is 0.0865. The van der Waals surface area contributed by atoms with Crippen LogP contribution in [0.4, 0.5) is 4.39 Å². The van der Waals surface area contributed by atoms with Crippen LogP contribution in [0.2, 0.25) is 5.02 Å². The highest BCUT2D eigenvalue weighted by atomic mass is 35.5. The number of aliphatic hydroxyl groups excluding tert-OH is 1. The Hall–Kier alpha value is -2.95. The molecule has 7 heteroatoms. The number of likely N-dealkylation sites (tertiary alicyclic amines) is 1. The van der Waals surface area contributed by atoms with Gasteiger partial charge in [-0.3, -0.25) is 4.90 Å². The molecule has 2 atom stereocenters. The van der Waals surface area contributed by atoms with Crippen LogP contribution in [0.15, 0.2) is 54.7 Å². The third-order valence-electron chi connectivity index (χ3n) is 6.27. The summed E-state index contributed by atoms with van der Waals surface area (Å²) in [6.45, 7) is 5.87. The Kier molecular flexibility index (Phi) is 7.73. The average Bonchev–Trinajstić information content (AvgIpc) is 2.82. The lowest BCUT2D eigenvalue weighted by molar-refractivity contribution is -0.108. The number of hydrogen-bond acceptors (Lipinski definition) is 5. The molecule has 0 spiro atoms. The van der Waals surface area contributed by atoms with E-state index in [4.69, 9.17) is 16.3 Å². The van der Waals surface area contributed by atoms with Gasteiger partial charge < -0.3 is 14.9 Å². The molecule has 0 bridgehead atoms. The first kappa shape index (κ1) is 25.2. The number of piperidine rings is 1. The summed E-state index contributed by atoms with van der Waals surface area (Å²) in [6.07, 6.45) is 1.37. The number of aryl methyl sites for hydroxylation is 1. The van der Waals surface area contributed by atoms with Crippen molar-refractivity contribution in [1.29, 1.82) is 0 Å². The van der Waals surface area contributed by atoms with E-state index in [0.29, 0.717) is 43.2 Å². The Bertz CT molecular complexity index is 1250. The van der Waals surface area contributed by atoms with Crippen LogP contribution in [0.25, 0.3) is 11.1 Å². The normalized spacial score (nSPS) is 20.2. The van der Waals surface area contributed by atoms with Crippen molar-refractivity contribution in [3.05, 3.63) is 82.4 Å². The summed E-state index contributed by atoms with van der Waals surface area (Å²) < 4.78 is 20.5. The topological polar surface area (TPSA) is 65.8 Å². The Morgan fingerprint density at radius 1 is 1.17 bits per heavy atom. The fourth-order valence-corrected chi connectivity index (χ4v) is 4.05. The van der Waals surface area contributed by atoms with Crippen LogP contribution in [-0.2, 0) is 0 Å². The van der Waals surface area contributed by atoms with Gasteiger partial charge in [-0.25, -0.2) is 9.37 Å². The van der Waals surface area contributed by atoms with Gasteiger partial charge in [0.05, 0.1) is 11.7 Å². The van der Waals surface area contributed by atoms with Gasteiger partial charge in [0.15, 0.2) is 5.82 Å². The number of aromatic nitrogens is 1. The molecule has 1 fully saturated rings. The third-order valence-corrected chi connectivity index (χ3v) is 6.52. The number of pyridine rings is 1. The quantitative estimate of drug-likeness (QED) is 0.513. The van der Waals surface area contributed by atoms with E-state index in [1.807, 2.05) is 37.3 Å². The molecule has 0 saturated carbocycles. The Morgan fingerprint density at radius 2 is 1.94 bits per heavy atom. The number of rotatable bonds is 5. The molecular weight excluding hydrogens is 467 g/mol. The minimum atomic E-state index is -1.03. The highest BCUT2D eigenvalue weighted by molar-refractivity contribution is 6.30. The lowest BCUT2D eigenvalue weighted by Gasteiger charge is -2.39. The number of β-amino-alcohol motifs (C(OH)–C–C–N with tert-alkyl or cyclic N) is 1. The maximum atomic E-state index is 14.6. The second-order valence-electron chi connectivity index (χ2n) is 9.06. The minimum Gasteiger partial charge on any atom is -0.492 e. The first-order valence-electron chi connectivity index (χ1n) is 11.5. The van der Waals surface area contributed by atoms with Gasteiger partial charge in [0.2, 0.25) is 0 Å². The number of nitrogens with zero attached hydrogens (tertiary/aromatic N) is 2. The van der Waals surface area contributed by atoms with Crippen LogP contribution in [0.1, 0.15) is 30.2 Å². The van der Waals surface area contributed by atoms with Gasteiger partial charge in [-0.1, -0.05) is 29.7 Å². The summed E-state index contributed by atoms with van der Waals surface area (Å²) in [4.78, 5) is 6.27. The highest BCUT2D eigenvalue weighted by Crippen LogP contribution is 2.24. The van der Waals surface area contributed by atoms with Gasteiger partial charge in [-0.15, -0.1) is 0 Å². The van der Waals surface area contributed by atoms with Crippen molar-refractivity contribution in [2.24, 2.45) is 0 Å². The molecule has 0 aliphatic carbocycles. The van der Waals surface area contributed by atoms with E-state index >= 15 is 0 Å². The van der Waals surface area contributed by atoms with Crippen LogP contribution in [0.5, 0.6) is 5.75 Å². The fraction of sp³-hybridized carbons (Fsp3) is 0.321. The maximum absolute atomic E-state index is 14.6. The second kappa shape index (κ2) is 10.8. The van der Waals surface area contributed by atoms with Crippen LogP contribution >= 0.6 is 11.6 Å². The van der Waals surface area contributed by atoms with E-state index in [2.05, 4.69) is 21.7 Å². The van der Waals surface area contributed by atoms with E-state index in [0.717, 1.165) is 22.4 Å². The van der Waals surface area contributed by atoms with Crippen molar-refractivity contribution in [3.63, 3.8) is 0 Å². The van der Waals surface area contributed by atoms with E-state index in [9.17, 15) is 14.6 Å². The number of hydrogen-bond donors (Lipinski definition) is 2. The smallest absolute Gasteiger partial charge is 0.158 e. The lowest BCUT2D eigenvalue weighted by atomic mass is 9.91. The third kappa shape index (κ3) is 6.39. The van der Waals surface area contributed by atoms with Gasteiger partial charge in [-0.2, -0.15) is 0 Å². The van der Waals surface area contributed by atoms with Crippen molar-refractivity contribution in [1.82, 2.24) is 9.88 Å². The largest absolute Gasteiger partial charge is 0.492 e. The van der Waals surface area contributed by atoms with Crippen molar-refractivity contribution in [2.75, 3.05) is 26.2 Å². The molecule has 2 heterocycles. The van der Waals surface area contributed by atoms with Gasteiger partial charge in [0.25, 0.3) is 0 Å². The molecule has 0 radical (unpaired) electrons. The monoisotopic (exact) mass is 494 g/mol. The first-order chi connectivity index (χ1) is 16.7. The Morgan fingerprint density at radius 3 is 2.63 bits per heavy atom. The molecule has 0 unspecified atom stereocenters. The van der Waals surface area contributed by atoms with E-state index in [-0.39, 0.29) is 5.69 Å². The molecule has 2 aromatic carbocycles.